The Hall–Kier alpha value is -2.22. The van der Waals surface area contributed by atoms with Crippen LogP contribution in [0.2, 0.25) is 0 Å². The minimum atomic E-state index is -0.187. The van der Waals surface area contributed by atoms with Gasteiger partial charge in [-0.15, -0.1) is 15.3 Å². The van der Waals surface area contributed by atoms with Gasteiger partial charge in [0, 0.05) is 5.56 Å². The molecule has 3 aromatic rings. The van der Waals surface area contributed by atoms with Crippen LogP contribution in [0, 0.1) is 6.92 Å². The Morgan fingerprint density at radius 2 is 1.79 bits per heavy atom. The Morgan fingerprint density at radius 3 is 2.46 bits per heavy atom. The molecule has 0 aliphatic rings. The van der Waals surface area contributed by atoms with Crippen molar-refractivity contribution in [1.29, 1.82) is 0 Å². The first kappa shape index (κ1) is 16.6. The van der Waals surface area contributed by atoms with Gasteiger partial charge in [0.15, 0.2) is 0 Å². The van der Waals surface area contributed by atoms with E-state index in [1.807, 2.05) is 38.1 Å². The Balaban J connectivity index is 1.78. The topological polar surface area (TPSA) is 82.5 Å². The molecule has 0 radical (unpaired) electrons. The summed E-state index contributed by atoms with van der Waals surface area (Å²) in [5.41, 5.74) is 1.92. The maximum Gasteiger partial charge on any atom is 0.247 e. The van der Waals surface area contributed by atoms with Crippen LogP contribution >= 0.6 is 11.8 Å². The molecule has 7 nitrogen and oxygen atoms in total. The lowest BCUT2D eigenvalue weighted by molar-refractivity contribution is 0.320. The number of rotatable bonds is 4. The van der Waals surface area contributed by atoms with Crippen molar-refractivity contribution in [3.8, 4) is 11.5 Å². The summed E-state index contributed by atoms with van der Waals surface area (Å²) in [6.45, 7) is 10.2. The van der Waals surface area contributed by atoms with Gasteiger partial charge in [-0.05, 0) is 57.2 Å². The van der Waals surface area contributed by atoms with Gasteiger partial charge < -0.3 is 4.42 Å². The highest BCUT2D eigenvalue weighted by atomic mass is 32.2. The molecule has 1 unspecified atom stereocenters. The molecular formula is C16H20N6OS. The van der Waals surface area contributed by atoms with Crippen molar-refractivity contribution >= 4 is 11.8 Å². The number of tetrazole rings is 1. The molecule has 0 N–H and O–H groups in total. The number of aromatic nitrogens is 6. The van der Waals surface area contributed by atoms with Crippen molar-refractivity contribution in [1.82, 2.24) is 30.4 Å². The number of aryl methyl sites for hydroxylation is 1. The van der Waals surface area contributed by atoms with Crippen LogP contribution in [-0.4, -0.2) is 30.4 Å². The van der Waals surface area contributed by atoms with Gasteiger partial charge in [-0.3, -0.25) is 0 Å². The van der Waals surface area contributed by atoms with E-state index >= 15 is 0 Å². The van der Waals surface area contributed by atoms with E-state index in [1.165, 1.54) is 17.3 Å². The first-order valence-electron chi connectivity index (χ1n) is 7.70. The Morgan fingerprint density at radius 1 is 1.08 bits per heavy atom. The Bertz CT molecular complexity index is 818. The van der Waals surface area contributed by atoms with Gasteiger partial charge >= 0.3 is 0 Å². The fourth-order valence-electron chi connectivity index (χ4n) is 2.09. The van der Waals surface area contributed by atoms with Gasteiger partial charge in [-0.25, -0.2) is 4.68 Å². The minimum Gasteiger partial charge on any atom is -0.419 e. The first-order valence-corrected chi connectivity index (χ1v) is 8.58. The molecule has 3 rings (SSSR count). The number of hydrogen-bond acceptors (Lipinski definition) is 7. The minimum absolute atomic E-state index is 0.0520. The van der Waals surface area contributed by atoms with Crippen LogP contribution in [0.15, 0.2) is 33.8 Å². The molecule has 126 valence electrons. The first-order chi connectivity index (χ1) is 11.3. The van der Waals surface area contributed by atoms with Crippen molar-refractivity contribution in [2.45, 2.75) is 50.6 Å². The maximum absolute atomic E-state index is 5.82. The molecule has 0 aliphatic heterocycles. The summed E-state index contributed by atoms with van der Waals surface area (Å²) in [5.74, 6) is 1.08. The molecule has 0 aliphatic carbocycles. The van der Waals surface area contributed by atoms with Crippen molar-refractivity contribution in [2.75, 3.05) is 0 Å². The van der Waals surface area contributed by atoms with E-state index in [1.54, 1.807) is 4.68 Å². The molecule has 8 heteroatoms. The second-order valence-corrected chi connectivity index (χ2v) is 7.92. The lowest BCUT2D eigenvalue weighted by Crippen LogP contribution is -2.24. The fourth-order valence-corrected chi connectivity index (χ4v) is 3.10. The van der Waals surface area contributed by atoms with Gasteiger partial charge in [0.1, 0.15) is 0 Å². The van der Waals surface area contributed by atoms with Crippen LogP contribution in [0.3, 0.4) is 0 Å². The number of benzene rings is 1. The van der Waals surface area contributed by atoms with Gasteiger partial charge in [-0.2, -0.15) is 0 Å². The molecule has 0 bridgehead atoms. The summed E-state index contributed by atoms with van der Waals surface area (Å²) in [5, 5.41) is 20.9. The van der Waals surface area contributed by atoms with E-state index < -0.39 is 0 Å². The SMILES string of the molecule is Cc1ccc(-c2nnc(C(C)Sc3nnnn3C(C)(C)C)o2)cc1. The van der Waals surface area contributed by atoms with E-state index in [0.29, 0.717) is 11.8 Å². The predicted molar refractivity (Wildman–Crippen MR) is 91.6 cm³/mol. The lowest BCUT2D eigenvalue weighted by Gasteiger charge is -2.20. The normalized spacial score (nSPS) is 13.2. The predicted octanol–water partition coefficient (Wildman–Crippen LogP) is 3.64. The molecule has 2 heterocycles. The van der Waals surface area contributed by atoms with E-state index in [4.69, 9.17) is 4.42 Å². The van der Waals surface area contributed by atoms with Crippen LogP contribution < -0.4 is 0 Å². The van der Waals surface area contributed by atoms with E-state index in [-0.39, 0.29) is 10.8 Å². The molecule has 1 atom stereocenters. The summed E-state index contributed by atoms with van der Waals surface area (Å²) in [6, 6.07) is 8.00. The summed E-state index contributed by atoms with van der Waals surface area (Å²) < 4.78 is 7.62. The Labute approximate surface area is 144 Å². The molecule has 0 saturated carbocycles. The monoisotopic (exact) mass is 344 g/mol. The summed E-state index contributed by atoms with van der Waals surface area (Å²) in [4.78, 5) is 0. The molecule has 1 aromatic carbocycles. The smallest absolute Gasteiger partial charge is 0.247 e. The van der Waals surface area contributed by atoms with Crippen LogP contribution in [0.4, 0.5) is 0 Å². The third-order valence-electron chi connectivity index (χ3n) is 3.45. The van der Waals surface area contributed by atoms with Crippen molar-refractivity contribution in [2.24, 2.45) is 0 Å². The van der Waals surface area contributed by atoms with Crippen molar-refractivity contribution in [3.05, 3.63) is 35.7 Å². The van der Waals surface area contributed by atoms with Gasteiger partial charge in [-0.1, -0.05) is 29.5 Å². The highest BCUT2D eigenvalue weighted by Crippen LogP contribution is 2.35. The van der Waals surface area contributed by atoms with E-state index in [9.17, 15) is 0 Å². The number of thioether (sulfide) groups is 1. The van der Waals surface area contributed by atoms with E-state index in [2.05, 4.69) is 46.5 Å². The fraction of sp³-hybridized carbons (Fsp3) is 0.438. The van der Waals surface area contributed by atoms with Crippen LogP contribution in [-0.2, 0) is 5.54 Å². The molecule has 0 amide bonds. The molecule has 2 aromatic heterocycles. The molecule has 24 heavy (non-hydrogen) atoms. The van der Waals surface area contributed by atoms with Gasteiger partial charge in [0.05, 0.1) is 10.8 Å². The average Bonchev–Trinajstić information content (AvgIpc) is 3.16. The molecular weight excluding hydrogens is 324 g/mol. The zero-order valence-electron chi connectivity index (χ0n) is 14.4. The second kappa shape index (κ2) is 6.35. The quantitative estimate of drug-likeness (QED) is 0.668. The van der Waals surface area contributed by atoms with E-state index in [0.717, 1.165) is 10.7 Å². The highest BCUT2D eigenvalue weighted by molar-refractivity contribution is 7.99. The molecule has 0 saturated heterocycles. The second-order valence-electron chi connectivity index (χ2n) is 6.62. The maximum atomic E-state index is 5.82. The average molecular weight is 344 g/mol. The Kier molecular flexibility index (Phi) is 4.40. The summed E-state index contributed by atoms with van der Waals surface area (Å²) in [7, 11) is 0. The van der Waals surface area contributed by atoms with Crippen LogP contribution in [0.25, 0.3) is 11.5 Å². The van der Waals surface area contributed by atoms with Crippen LogP contribution in [0.5, 0.6) is 0 Å². The standard InChI is InChI=1S/C16H20N6OS/c1-10-6-8-12(9-7-10)14-18-17-13(23-14)11(2)24-15-19-20-21-22(15)16(3,4)5/h6-9,11H,1-5H3. The summed E-state index contributed by atoms with van der Waals surface area (Å²) in [6.07, 6.45) is 0. The number of nitrogens with zero attached hydrogens (tertiary/aromatic N) is 6. The largest absolute Gasteiger partial charge is 0.419 e. The highest BCUT2D eigenvalue weighted by Gasteiger charge is 2.24. The lowest BCUT2D eigenvalue weighted by atomic mass is 10.1. The molecule has 0 spiro atoms. The van der Waals surface area contributed by atoms with Gasteiger partial charge in [0.25, 0.3) is 0 Å². The zero-order chi connectivity index (χ0) is 17.3. The summed E-state index contributed by atoms with van der Waals surface area (Å²) >= 11 is 1.50. The zero-order valence-corrected chi connectivity index (χ0v) is 15.2. The van der Waals surface area contributed by atoms with Crippen molar-refractivity contribution in [3.63, 3.8) is 0 Å². The van der Waals surface area contributed by atoms with Crippen molar-refractivity contribution < 1.29 is 4.42 Å². The van der Waals surface area contributed by atoms with Gasteiger partial charge in [0.2, 0.25) is 16.9 Å². The third kappa shape index (κ3) is 3.48. The van der Waals surface area contributed by atoms with Crippen LogP contribution in [0.1, 0.15) is 44.4 Å². The molecule has 0 fully saturated rings. The third-order valence-corrected chi connectivity index (χ3v) is 4.47. The number of hydrogen-bond donors (Lipinski definition) is 0.